The molecule has 2 fully saturated rings. The molecule has 0 radical (unpaired) electrons. The monoisotopic (exact) mass is 462 g/mol. The summed E-state index contributed by atoms with van der Waals surface area (Å²) in [7, 11) is 1.60. The lowest BCUT2D eigenvalue weighted by molar-refractivity contribution is -0.143. The average molecular weight is 463 g/mol. The third kappa shape index (κ3) is 2.88. The van der Waals surface area contributed by atoms with E-state index in [1.54, 1.807) is 12.0 Å². The van der Waals surface area contributed by atoms with Crippen LogP contribution in [0, 0.1) is 11.3 Å². The minimum absolute atomic E-state index is 0.0746. The van der Waals surface area contributed by atoms with Crippen LogP contribution in [0.15, 0.2) is 54.6 Å². The lowest BCUT2D eigenvalue weighted by atomic mass is 9.64. The standard InChI is InChI=1S/C26H26N2O6/c1-25-22(23(29)27-12-17-5-3-4-6-18(17)31-2)20-9-10-26(25,34-20)14-28(24(25)30)13-16-7-8-19-21(11-16)33-15-32-19/h3-11,20,22H,12-15H2,1-2H3,(H,27,29)/t20-,22+,25+,26+/m1/s1. The summed E-state index contributed by atoms with van der Waals surface area (Å²) in [6, 6.07) is 13.2. The highest BCUT2D eigenvalue weighted by atomic mass is 16.7. The van der Waals surface area contributed by atoms with Gasteiger partial charge in [0.2, 0.25) is 18.6 Å². The molecule has 6 rings (SSSR count). The minimum Gasteiger partial charge on any atom is -0.496 e. The van der Waals surface area contributed by atoms with Crippen molar-refractivity contribution in [3.8, 4) is 17.2 Å². The molecule has 4 heterocycles. The summed E-state index contributed by atoms with van der Waals surface area (Å²) in [5, 5.41) is 3.01. The van der Waals surface area contributed by atoms with Crippen LogP contribution >= 0.6 is 0 Å². The molecular weight excluding hydrogens is 436 g/mol. The second kappa shape index (κ2) is 7.50. The van der Waals surface area contributed by atoms with E-state index in [-0.39, 0.29) is 18.6 Å². The number of hydrogen-bond acceptors (Lipinski definition) is 6. The Morgan fingerprint density at radius 3 is 2.88 bits per heavy atom. The molecule has 2 bridgehead atoms. The molecule has 0 aromatic heterocycles. The van der Waals surface area contributed by atoms with Gasteiger partial charge < -0.3 is 29.2 Å². The first-order chi connectivity index (χ1) is 16.4. The molecule has 8 heteroatoms. The molecule has 2 aromatic rings. The number of hydrogen-bond donors (Lipinski definition) is 1. The fourth-order valence-electron chi connectivity index (χ4n) is 5.83. The van der Waals surface area contributed by atoms with Crippen molar-refractivity contribution >= 4 is 11.8 Å². The lowest BCUT2D eigenvalue weighted by Crippen LogP contribution is -2.52. The van der Waals surface area contributed by atoms with Gasteiger partial charge in [-0.15, -0.1) is 0 Å². The van der Waals surface area contributed by atoms with E-state index < -0.39 is 23.0 Å². The Balaban J connectivity index is 1.23. The maximum Gasteiger partial charge on any atom is 0.233 e. The Kier molecular flexibility index (Phi) is 4.64. The number of carbonyl (C=O) groups is 2. The van der Waals surface area contributed by atoms with E-state index in [0.717, 1.165) is 11.1 Å². The number of benzene rings is 2. The zero-order valence-electron chi connectivity index (χ0n) is 19.1. The van der Waals surface area contributed by atoms with Gasteiger partial charge in [0.15, 0.2) is 11.5 Å². The Morgan fingerprint density at radius 1 is 1.21 bits per heavy atom. The Bertz CT molecular complexity index is 1210. The molecule has 2 aromatic carbocycles. The van der Waals surface area contributed by atoms with E-state index >= 15 is 0 Å². The molecule has 0 saturated carbocycles. The van der Waals surface area contributed by atoms with Crippen LogP contribution in [0.25, 0.3) is 0 Å². The van der Waals surface area contributed by atoms with Gasteiger partial charge in [-0.3, -0.25) is 9.59 Å². The number of amides is 2. The highest BCUT2D eigenvalue weighted by molar-refractivity contribution is 5.96. The van der Waals surface area contributed by atoms with Crippen LogP contribution in [0.1, 0.15) is 18.1 Å². The molecule has 4 aliphatic heterocycles. The van der Waals surface area contributed by atoms with Gasteiger partial charge in [-0.25, -0.2) is 0 Å². The van der Waals surface area contributed by atoms with Crippen molar-refractivity contribution in [1.29, 1.82) is 0 Å². The third-order valence-electron chi connectivity index (χ3n) is 7.63. The number of likely N-dealkylation sites (tertiary alicyclic amines) is 1. The topological polar surface area (TPSA) is 86.3 Å². The van der Waals surface area contributed by atoms with Gasteiger partial charge in [-0.2, -0.15) is 0 Å². The largest absolute Gasteiger partial charge is 0.496 e. The van der Waals surface area contributed by atoms with Crippen LogP contribution in [0.4, 0.5) is 0 Å². The van der Waals surface area contributed by atoms with Gasteiger partial charge in [0.05, 0.1) is 31.1 Å². The van der Waals surface area contributed by atoms with Crippen molar-refractivity contribution in [3.05, 3.63) is 65.7 Å². The molecule has 176 valence electrons. The number of nitrogens with one attached hydrogen (secondary N) is 1. The number of nitrogens with zero attached hydrogens (tertiary/aromatic N) is 1. The van der Waals surface area contributed by atoms with E-state index in [0.29, 0.717) is 36.9 Å². The number of methoxy groups -OCH3 is 1. The summed E-state index contributed by atoms with van der Waals surface area (Å²) in [4.78, 5) is 29.0. The van der Waals surface area contributed by atoms with Gasteiger partial charge in [-0.05, 0) is 30.7 Å². The van der Waals surface area contributed by atoms with E-state index in [2.05, 4.69) is 5.32 Å². The molecule has 0 unspecified atom stereocenters. The fraction of sp³-hybridized carbons (Fsp3) is 0.385. The SMILES string of the molecule is COc1ccccc1CNC(=O)[C@@H]1[C@H]2C=C[C@@]3(CN(Cc4ccc5c(c4)OCO5)C(=O)[C@]13C)O2. The van der Waals surface area contributed by atoms with Crippen molar-refractivity contribution < 1.29 is 28.5 Å². The number of fused-ring (bicyclic) bond motifs is 2. The van der Waals surface area contributed by atoms with Crippen LogP contribution in [0.3, 0.4) is 0 Å². The maximum atomic E-state index is 13.8. The summed E-state index contributed by atoms with van der Waals surface area (Å²) in [5.41, 5.74) is 0.0267. The van der Waals surface area contributed by atoms with Crippen LogP contribution in [-0.4, -0.2) is 48.9 Å². The number of rotatable bonds is 6. The predicted molar refractivity (Wildman–Crippen MR) is 121 cm³/mol. The summed E-state index contributed by atoms with van der Waals surface area (Å²) >= 11 is 0. The maximum absolute atomic E-state index is 13.8. The van der Waals surface area contributed by atoms with Crippen LogP contribution in [0.2, 0.25) is 0 Å². The second-order valence-corrected chi connectivity index (χ2v) is 9.39. The zero-order valence-corrected chi connectivity index (χ0v) is 19.1. The first-order valence-electron chi connectivity index (χ1n) is 11.4. The Morgan fingerprint density at radius 2 is 2.03 bits per heavy atom. The first kappa shape index (κ1) is 21.0. The molecule has 2 amide bonds. The highest BCUT2D eigenvalue weighted by Crippen LogP contribution is 2.60. The van der Waals surface area contributed by atoms with Crippen molar-refractivity contribution in [2.24, 2.45) is 11.3 Å². The predicted octanol–water partition coefficient (Wildman–Crippen LogP) is 2.41. The van der Waals surface area contributed by atoms with Crippen molar-refractivity contribution in [3.63, 3.8) is 0 Å². The average Bonchev–Trinajstić information content (AvgIpc) is 3.58. The fourth-order valence-corrected chi connectivity index (χ4v) is 5.83. The lowest BCUT2D eigenvalue weighted by Gasteiger charge is -2.34. The number of carbonyl (C=O) groups excluding carboxylic acids is 2. The van der Waals surface area contributed by atoms with Gasteiger partial charge in [0, 0.05) is 18.7 Å². The third-order valence-corrected chi connectivity index (χ3v) is 7.63. The molecule has 8 nitrogen and oxygen atoms in total. The molecule has 1 N–H and O–H groups in total. The summed E-state index contributed by atoms with van der Waals surface area (Å²) < 4.78 is 22.6. The molecule has 4 aliphatic rings. The van der Waals surface area contributed by atoms with Gasteiger partial charge in [0.1, 0.15) is 11.4 Å². The molecule has 0 aliphatic carbocycles. The number of ether oxygens (including phenoxy) is 4. The van der Waals surface area contributed by atoms with E-state index in [1.165, 1.54) is 0 Å². The van der Waals surface area contributed by atoms with E-state index in [1.807, 2.05) is 61.5 Å². The van der Waals surface area contributed by atoms with Gasteiger partial charge in [-0.1, -0.05) is 36.4 Å². The summed E-state index contributed by atoms with van der Waals surface area (Å²) in [6.07, 6.45) is 3.48. The Hall–Kier alpha value is -3.52. The van der Waals surface area contributed by atoms with E-state index in [4.69, 9.17) is 18.9 Å². The Labute approximate surface area is 197 Å². The molecular formula is C26H26N2O6. The first-order valence-corrected chi connectivity index (χ1v) is 11.4. The van der Waals surface area contributed by atoms with Crippen molar-refractivity contribution in [2.75, 3.05) is 20.4 Å². The quantitative estimate of drug-likeness (QED) is 0.664. The van der Waals surface area contributed by atoms with Crippen molar-refractivity contribution in [1.82, 2.24) is 10.2 Å². The highest BCUT2D eigenvalue weighted by Gasteiger charge is 2.74. The molecule has 2 saturated heterocycles. The van der Waals surface area contributed by atoms with Gasteiger partial charge >= 0.3 is 0 Å². The molecule has 34 heavy (non-hydrogen) atoms. The summed E-state index contributed by atoms with van der Waals surface area (Å²) in [6.45, 7) is 3.19. The van der Waals surface area contributed by atoms with Crippen molar-refractivity contribution in [2.45, 2.75) is 31.7 Å². The summed E-state index contributed by atoms with van der Waals surface area (Å²) in [5.74, 6) is 1.22. The smallest absolute Gasteiger partial charge is 0.233 e. The van der Waals surface area contributed by atoms with Crippen LogP contribution in [0.5, 0.6) is 17.2 Å². The normalized spacial score (nSPS) is 30.1. The second-order valence-electron chi connectivity index (χ2n) is 9.39. The van der Waals surface area contributed by atoms with Gasteiger partial charge in [0.25, 0.3) is 0 Å². The van der Waals surface area contributed by atoms with E-state index in [9.17, 15) is 9.59 Å². The zero-order chi connectivity index (χ0) is 23.5. The number of para-hydroxylation sites is 1. The minimum atomic E-state index is -0.979. The molecule has 4 atom stereocenters. The van der Waals surface area contributed by atoms with Crippen LogP contribution in [-0.2, 0) is 27.4 Å². The molecule has 1 spiro atoms. The van der Waals surface area contributed by atoms with Crippen LogP contribution < -0.4 is 19.5 Å².